The van der Waals surface area contributed by atoms with E-state index < -0.39 is 5.91 Å². The summed E-state index contributed by atoms with van der Waals surface area (Å²) in [6.07, 6.45) is 3.20. The summed E-state index contributed by atoms with van der Waals surface area (Å²) in [7, 11) is 0. The van der Waals surface area contributed by atoms with E-state index in [1.165, 1.54) is 0 Å². The maximum Gasteiger partial charge on any atom is 0.278 e. The zero-order chi connectivity index (χ0) is 16.4. The molecule has 0 saturated carbocycles. The molecule has 0 unspecified atom stereocenters. The summed E-state index contributed by atoms with van der Waals surface area (Å²) in [6, 6.07) is 5.46. The van der Waals surface area contributed by atoms with Gasteiger partial charge in [0.2, 0.25) is 5.91 Å². The number of rotatable bonds is 2. The monoisotopic (exact) mass is 312 g/mol. The summed E-state index contributed by atoms with van der Waals surface area (Å²) in [6.45, 7) is 2.41. The Morgan fingerprint density at radius 3 is 2.91 bits per heavy atom. The van der Waals surface area contributed by atoms with Crippen molar-refractivity contribution in [3.05, 3.63) is 34.9 Å². The van der Waals surface area contributed by atoms with Gasteiger partial charge in [-0.1, -0.05) is 12.0 Å². The van der Waals surface area contributed by atoms with E-state index in [0.717, 1.165) is 43.4 Å². The number of hydroxylamine groups is 2. The number of carbonyl (C=O) groups is 2. The summed E-state index contributed by atoms with van der Waals surface area (Å²) < 4.78 is 0. The van der Waals surface area contributed by atoms with Crippen LogP contribution in [0.2, 0.25) is 0 Å². The first-order valence-corrected chi connectivity index (χ1v) is 7.86. The first-order chi connectivity index (χ1) is 11.1. The molecule has 2 N–H and O–H groups in total. The molecule has 2 aliphatic rings. The number of benzene rings is 1. The minimum absolute atomic E-state index is 0.00427. The van der Waals surface area contributed by atoms with Gasteiger partial charge in [-0.25, -0.2) is 5.06 Å². The molecule has 0 aromatic heterocycles. The number of hydrogen-bond donors (Lipinski definition) is 2. The number of fused-ring (bicyclic) bond motifs is 1. The molecule has 0 bridgehead atoms. The van der Waals surface area contributed by atoms with Gasteiger partial charge in [0, 0.05) is 12.1 Å². The standard InChI is InChI=1S/C18H20N2O3/c1-2-3-10-20(23)16(21)14-4-5-15-12-18(7-6-13(15)11-14)8-9-19-17(18)22/h4-5,11,23H,6-10,12H2,1H3,(H,19,22)/t18-/m0/s1. The number of carbonyl (C=O) groups excluding carboxylic acids is 2. The van der Waals surface area contributed by atoms with Crippen LogP contribution in [-0.2, 0) is 17.6 Å². The molecule has 1 aliphatic carbocycles. The van der Waals surface area contributed by atoms with Crippen LogP contribution < -0.4 is 5.32 Å². The van der Waals surface area contributed by atoms with Crippen molar-refractivity contribution in [3.63, 3.8) is 0 Å². The van der Waals surface area contributed by atoms with Crippen molar-refractivity contribution in [3.8, 4) is 11.8 Å². The third-order valence-electron chi connectivity index (χ3n) is 4.87. The van der Waals surface area contributed by atoms with E-state index >= 15 is 0 Å². The van der Waals surface area contributed by atoms with Crippen molar-refractivity contribution in [1.29, 1.82) is 0 Å². The smallest absolute Gasteiger partial charge is 0.278 e. The lowest BCUT2D eigenvalue weighted by Crippen LogP contribution is -2.36. The zero-order valence-electron chi connectivity index (χ0n) is 13.2. The van der Waals surface area contributed by atoms with Gasteiger partial charge < -0.3 is 5.32 Å². The molecule has 0 radical (unpaired) electrons. The molecule has 120 valence electrons. The Balaban J connectivity index is 1.80. The van der Waals surface area contributed by atoms with E-state index in [0.29, 0.717) is 10.6 Å². The predicted molar refractivity (Wildman–Crippen MR) is 84.8 cm³/mol. The molecule has 23 heavy (non-hydrogen) atoms. The van der Waals surface area contributed by atoms with Crippen molar-refractivity contribution >= 4 is 11.8 Å². The molecule has 1 spiro atoms. The second kappa shape index (κ2) is 6.05. The molecule has 1 heterocycles. The lowest BCUT2D eigenvalue weighted by atomic mass is 9.70. The van der Waals surface area contributed by atoms with Crippen LogP contribution in [0, 0.1) is 17.3 Å². The van der Waals surface area contributed by atoms with Crippen LogP contribution in [0.15, 0.2) is 18.2 Å². The lowest BCUT2D eigenvalue weighted by Gasteiger charge is -2.32. The minimum Gasteiger partial charge on any atom is -0.356 e. The van der Waals surface area contributed by atoms with Crippen molar-refractivity contribution in [2.75, 3.05) is 13.1 Å². The Hall–Kier alpha value is -2.32. The molecule has 5 nitrogen and oxygen atoms in total. The Kier molecular flexibility index (Phi) is 4.10. The summed E-state index contributed by atoms with van der Waals surface area (Å²) in [5.74, 6) is 5.01. The maximum atomic E-state index is 12.2. The summed E-state index contributed by atoms with van der Waals surface area (Å²) in [5, 5.41) is 13.3. The van der Waals surface area contributed by atoms with Gasteiger partial charge in [-0.2, -0.15) is 0 Å². The highest BCUT2D eigenvalue weighted by Gasteiger charge is 2.44. The highest BCUT2D eigenvalue weighted by Crippen LogP contribution is 2.41. The summed E-state index contributed by atoms with van der Waals surface area (Å²) in [4.78, 5) is 24.3. The van der Waals surface area contributed by atoms with Gasteiger partial charge in [-0.05, 0) is 55.9 Å². The van der Waals surface area contributed by atoms with Crippen LogP contribution in [0.4, 0.5) is 0 Å². The van der Waals surface area contributed by atoms with Gasteiger partial charge in [0.15, 0.2) is 0 Å². The Morgan fingerprint density at radius 1 is 1.39 bits per heavy atom. The van der Waals surface area contributed by atoms with Crippen molar-refractivity contribution < 1.29 is 14.8 Å². The quantitative estimate of drug-likeness (QED) is 0.494. The van der Waals surface area contributed by atoms with Crippen molar-refractivity contribution in [2.24, 2.45) is 5.41 Å². The van der Waals surface area contributed by atoms with Gasteiger partial charge in [0.1, 0.15) is 6.54 Å². The van der Waals surface area contributed by atoms with E-state index in [9.17, 15) is 14.8 Å². The van der Waals surface area contributed by atoms with Crippen LogP contribution >= 0.6 is 0 Å². The second-order valence-corrected chi connectivity index (χ2v) is 6.24. The van der Waals surface area contributed by atoms with Crippen molar-refractivity contribution in [2.45, 2.75) is 32.6 Å². The fourth-order valence-corrected chi connectivity index (χ4v) is 3.49. The molecule has 1 aliphatic heterocycles. The van der Waals surface area contributed by atoms with Crippen LogP contribution in [0.1, 0.15) is 41.3 Å². The third kappa shape index (κ3) is 2.82. The second-order valence-electron chi connectivity index (χ2n) is 6.24. The number of hydrogen-bond acceptors (Lipinski definition) is 3. The highest BCUT2D eigenvalue weighted by atomic mass is 16.5. The van der Waals surface area contributed by atoms with E-state index in [2.05, 4.69) is 17.2 Å². The van der Waals surface area contributed by atoms with E-state index in [-0.39, 0.29) is 17.9 Å². The Morgan fingerprint density at radius 2 is 2.22 bits per heavy atom. The van der Waals surface area contributed by atoms with E-state index in [1.807, 2.05) is 12.1 Å². The van der Waals surface area contributed by atoms with Crippen LogP contribution in [0.25, 0.3) is 0 Å². The SMILES string of the molecule is CC#CCN(O)C(=O)c1ccc2c(c1)CC[C@]1(CCNC1=O)C2. The van der Waals surface area contributed by atoms with Crippen LogP contribution in [-0.4, -0.2) is 35.2 Å². The molecule has 1 aromatic carbocycles. The summed E-state index contributed by atoms with van der Waals surface area (Å²) in [5.41, 5.74) is 2.41. The normalized spacial score (nSPS) is 22.1. The van der Waals surface area contributed by atoms with Gasteiger partial charge in [-0.3, -0.25) is 14.8 Å². The number of nitrogens with zero attached hydrogens (tertiary/aromatic N) is 1. The van der Waals surface area contributed by atoms with Crippen molar-refractivity contribution in [1.82, 2.24) is 10.4 Å². The minimum atomic E-state index is -0.450. The molecule has 1 atom stereocenters. The largest absolute Gasteiger partial charge is 0.356 e. The fraction of sp³-hybridized carbons (Fsp3) is 0.444. The lowest BCUT2D eigenvalue weighted by molar-refractivity contribution is -0.128. The van der Waals surface area contributed by atoms with Crippen LogP contribution in [0.3, 0.4) is 0 Å². The zero-order valence-corrected chi connectivity index (χ0v) is 13.2. The molecular formula is C18H20N2O3. The molecule has 1 saturated heterocycles. The summed E-state index contributed by atoms with van der Waals surface area (Å²) >= 11 is 0. The number of aryl methyl sites for hydroxylation is 1. The third-order valence-corrected chi connectivity index (χ3v) is 4.87. The number of amides is 2. The first kappa shape index (κ1) is 15.6. The molecular weight excluding hydrogens is 292 g/mol. The topological polar surface area (TPSA) is 69.6 Å². The predicted octanol–water partition coefficient (Wildman–Crippen LogP) is 1.54. The first-order valence-electron chi connectivity index (χ1n) is 7.86. The highest BCUT2D eigenvalue weighted by molar-refractivity contribution is 5.94. The average Bonchev–Trinajstić information content (AvgIpc) is 2.91. The number of nitrogens with one attached hydrogen (secondary N) is 1. The van der Waals surface area contributed by atoms with Gasteiger partial charge in [0.05, 0.1) is 5.41 Å². The Labute approximate surface area is 135 Å². The van der Waals surface area contributed by atoms with Gasteiger partial charge in [-0.15, -0.1) is 5.92 Å². The van der Waals surface area contributed by atoms with Crippen LogP contribution in [0.5, 0.6) is 0 Å². The Bertz CT molecular complexity index is 717. The molecule has 3 rings (SSSR count). The molecule has 1 fully saturated rings. The molecule has 2 amide bonds. The van der Waals surface area contributed by atoms with Gasteiger partial charge >= 0.3 is 0 Å². The molecule has 5 heteroatoms. The fourth-order valence-electron chi connectivity index (χ4n) is 3.49. The maximum absolute atomic E-state index is 12.2. The van der Waals surface area contributed by atoms with E-state index in [1.54, 1.807) is 13.0 Å². The molecule has 1 aromatic rings. The average molecular weight is 312 g/mol. The van der Waals surface area contributed by atoms with Gasteiger partial charge in [0.25, 0.3) is 5.91 Å². The van der Waals surface area contributed by atoms with E-state index in [4.69, 9.17) is 0 Å².